The first-order valence-electron chi connectivity index (χ1n) is 9.60. The molecule has 3 aromatic rings. The number of ether oxygens (including phenoxy) is 1. The average molecular weight is 486 g/mol. The SMILES string of the molecule is Cl.NC1CCc2ccc(Oc3ccccc3-c3c(F)c(F)c(F)c(F)c3F)cc2C1C(=O)O. The molecular formula is C23H17ClF5NO3. The second kappa shape index (κ2) is 9.36. The molecule has 0 radical (unpaired) electrons. The Hall–Kier alpha value is -3.17. The maximum absolute atomic E-state index is 14.4. The van der Waals surface area contributed by atoms with Gasteiger partial charge in [-0.05, 0) is 42.2 Å². The molecule has 0 saturated carbocycles. The molecule has 0 amide bonds. The molecule has 0 bridgehead atoms. The van der Waals surface area contributed by atoms with Crippen LogP contribution in [-0.2, 0) is 11.2 Å². The molecule has 0 heterocycles. The lowest BCUT2D eigenvalue weighted by Gasteiger charge is -2.28. The molecule has 4 rings (SSSR count). The lowest BCUT2D eigenvalue weighted by atomic mass is 9.79. The largest absolute Gasteiger partial charge is 0.481 e. The van der Waals surface area contributed by atoms with E-state index in [1.807, 2.05) is 0 Å². The van der Waals surface area contributed by atoms with E-state index in [0.29, 0.717) is 18.4 Å². The number of carboxylic acids is 1. The van der Waals surface area contributed by atoms with Crippen molar-refractivity contribution in [3.8, 4) is 22.6 Å². The predicted octanol–water partition coefficient (Wildman–Crippen LogP) is 5.70. The number of carbonyl (C=O) groups is 1. The molecule has 0 aromatic heterocycles. The van der Waals surface area contributed by atoms with Crippen LogP contribution in [0.3, 0.4) is 0 Å². The van der Waals surface area contributed by atoms with Crippen LogP contribution in [0.25, 0.3) is 11.1 Å². The van der Waals surface area contributed by atoms with E-state index in [4.69, 9.17) is 10.5 Å². The zero-order chi connectivity index (χ0) is 23.2. The van der Waals surface area contributed by atoms with Gasteiger partial charge in [0.05, 0.1) is 11.5 Å². The van der Waals surface area contributed by atoms with Gasteiger partial charge in [-0.1, -0.05) is 24.3 Å². The van der Waals surface area contributed by atoms with E-state index in [-0.39, 0.29) is 29.5 Å². The van der Waals surface area contributed by atoms with Crippen molar-refractivity contribution in [3.05, 3.63) is 82.7 Å². The fraction of sp³-hybridized carbons (Fsp3) is 0.174. The van der Waals surface area contributed by atoms with Gasteiger partial charge >= 0.3 is 5.97 Å². The number of nitrogens with two attached hydrogens (primary N) is 1. The molecule has 3 N–H and O–H groups in total. The summed E-state index contributed by atoms with van der Waals surface area (Å²) in [6, 6.07) is 9.32. The second-order valence-electron chi connectivity index (χ2n) is 7.42. The highest BCUT2D eigenvalue weighted by Crippen LogP contribution is 2.40. The Morgan fingerprint density at radius 3 is 2.18 bits per heavy atom. The summed E-state index contributed by atoms with van der Waals surface area (Å²) in [5.74, 6) is -12.5. The molecule has 0 fully saturated rings. The summed E-state index contributed by atoms with van der Waals surface area (Å²) in [6.07, 6.45) is 1.06. The lowest BCUT2D eigenvalue weighted by molar-refractivity contribution is -0.139. The minimum Gasteiger partial charge on any atom is -0.481 e. The molecule has 33 heavy (non-hydrogen) atoms. The summed E-state index contributed by atoms with van der Waals surface area (Å²) < 4.78 is 75.3. The van der Waals surface area contributed by atoms with E-state index in [0.717, 1.165) is 11.6 Å². The highest BCUT2D eigenvalue weighted by Gasteiger charge is 2.33. The highest BCUT2D eigenvalue weighted by atomic mass is 35.5. The Bertz CT molecular complexity index is 1210. The predicted molar refractivity (Wildman–Crippen MR) is 112 cm³/mol. The second-order valence-corrected chi connectivity index (χ2v) is 7.42. The zero-order valence-corrected chi connectivity index (χ0v) is 17.6. The first-order valence-corrected chi connectivity index (χ1v) is 9.60. The third-order valence-electron chi connectivity index (χ3n) is 5.49. The van der Waals surface area contributed by atoms with E-state index < -0.39 is 52.6 Å². The zero-order valence-electron chi connectivity index (χ0n) is 16.7. The molecule has 2 atom stereocenters. The Morgan fingerprint density at radius 2 is 1.55 bits per heavy atom. The molecular weight excluding hydrogens is 469 g/mol. The van der Waals surface area contributed by atoms with Crippen LogP contribution < -0.4 is 10.5 Å². The van der Waals surface area contributed by atoms with Crippen LogP contribution >= 0.6 is 12.4 Å². The molecule has 174 valence electrons. The van der Waals surface area contributed by atoms with Gasteiger partial charge in [-0.15, -0.1) is 12.4 Å². The van der Waals surface area contributed by atoms with E-state index >= 15 is 0 Å². The van der Waals surface area contributed by atoms with Crippen molar-refractivity contribution >= 4 is 18.4 Å². The quantitative estimate of drug-likeness (QED) is 0.282. The van der Waals surface area contributed by atoms with Crippen LogP contribution in [0.1, 0.15) is 23.5 Å². The standard InChI is InChI=1S/C23H16F5NO3.ClH/c24-18-17(19(25)21(27)22(28)20(18)26)12-3-1-2-4-15(12)32-11-7-5-10-6-8-14(29)16(23(30)31)13(10)9-11;/h1-5,7,9,14,16H,6,8,29H2,(H,30,31);1H. The van der Waals surface area contributed by atoms with Crippen molar-refractivity contribution in [1.29, 1.82) is 0 Å². The van der Waals surface area contributed by atoms with Gasteiger partial charge < -0.3 is 15.6 Å². The number of aryl methyl sites for hydroxylation is 1. The minimum atomic E-state index is -2.26. The number of fused-ring (bicyclic) bond motifs is 1. The Morgan fingerprint density at radius 1 is 0.939 bits per heavy atom. The van der Waals surface area contributed by atoms with Gasteiger partial charge in [-0.25, -0.2) is 22.0 Å². The third kappa shape index (κ3) is 4.26. The Labute approximate surface area is 191 Å². The Kier molecular flexibility index (Phi) is 6.94. The Balaban J connectivity index is 0.00000306. The molecule has 0 spiro atoms. The summed E-state index contributed by atoms with van der Waals surface area (Å²) >= 11 is 0. The van der Waals surface area contributed by atoms with Gasteiger partial charge in [0, 0.05) is 11.6 Å². The van der Waals surface area contributed by atoms with E-state index in [2.05, 4.69) is 0 Å². The average Bonchev–Trinajstić information content (AvgIpc) is 2.77. The number of hydrogen-bond acceptors (Lipinski definition) is 3. The van der Waals surface area contributed by atoms with Crippen molar-refractivity contribution in [2.45, 2.75) is 24.8 Å². The van der Waals surface area contributed by atoms with Crippen molar-refractivity contribution in [2.75, 3.05) is 0 Å². The van der Waals surface area contributed by atoms with Crippen molar-refractivity contribution in [2.24, 2.45) is 5.73 Å². The maximum Gasteiger partial charge on any atom is 0.312 e. The van der Waals surface area contributed by atoms with Gasteiger partial charge in [-0.3, -0.25) is 4.79 Å². The third-order valence-corrected chi connectivity index (χ3v) is 5.49. The molecule has 0 aliphatic heterocycles. The first-order chi connectivity index (χ1) is 15.2. The highest BCUT2D eigenvalue weighted by molar-refractivity contribution is 5.85. The van der Waals surface area contributed by atoms with E-state index in [1.165, 1.54) is 30.3 Å². The normalized spacial score (nSPS) is 17.2. The number of hydrogen-bond donors (Lipinski definition) is 2. The summed E-state index contributed by atoms with van der Waals surface area (Å²) in [7, 11) is 0. The molecule has 2 unspecified atom stereocenters. The van der Waals surface area contributed by atoms with Crippen LogP contribution in [0.4, 0.5) is 22.0 Å². The van der Waals surface area contributed by atoms with Crippen LogP contribution in [0, 0.1) is 29.1 Å². The molecule has 10 heteroatoms. The number of para-hydroxylation sites is 1. The molecule has 0 saturated heterocycles. The molecule has 4 nitrogen and oxygen atoms in total. The van der Waals surface area contributed by atoms with Gasteiger partial charge in [-0.2, -0.15) is 0 Å². The van der Waals surface area contributed by atoms with Crippen molar-refractivity contribution < 1.29 is 36.6 Å². The van der Waals surface area contributed by atoms with E-state index in [1.54, 1.807) is 6.07 Å². The smallest absolute Gasteiger partial charge is 0.312 e. The maximum atomic E-state index is 14.4. The lowest BCUT2D eigenvalue weighted by Crippen LogP contribution is -2.37. The number of carboxylic acid groups (broad SMARTS) is 1. The fourth-order valence-electron chi connectivity index (χ4n) is 3.92. The number of halogens is 6. The van der Waals surface area contributed by atoms with Crippen molar-refractivity contribution in [1.82, 2.24) is 0 Å². The van der Waals surface area contributed by atoms with Gasteiger partial charge in [0.15, 0.2) is 23.3 Å². The topological polar surface area (TPSA) is 72.5 Å². The van der Waals surface area contributed by atoms with Crippen LogP contribution in [0.2, 0.25) is 0 Å². The summed E-state index contributed by atoms with van der Waals surface area (Å²) in [6.45, 7) is 0. The molecule has 1 aliphatic carbocycles. The number of benzene rings is 3. The van der Waals surface area contributed by atoms with Crippen molar-refractivity contribution in [3.63, 3.8) is 0 Å². The molecule has 3 aromatic carbocycles. The number of aliphatic carboxylic acids is 1. The van der Waals surface area contributed by atoms with Crippen LogP contribution in [0.5, 0.6) is 11.5 Å². The monoisotopic (exact) mass is 485 g/mol. The first kappa shape index (κ1) is 24.5. The number of rotatable bonds is 4. The summed E-state index contributed by atoms with van der Waals surface area (Å²) in [5.41, 5.74) is 5.71. The fourth-order valence-corrected chi connectivity index (χ4v) is 3.92. The van der Waals surface area contributed by atoms with Gasteiger partial charge in [0.2, 0.25) is 5.82 Å². The minimum absolute atomic E-state index is 0. The van der Waals surface area contributed by atoms with Crippen LogP contribution in [-0.4, -0.2) is 17.1 Å². The summed E-state index contributed by atoms with van der Waals surface area (Å²) in [5, 5.41) is 9.56. The summed E-state index contributed by atoms with van der Waals surface area (Å²) in [4.78, 5) is 11.7. The van der Waals surface area contributed by atoms with Gasteiger partial charge in [0.25, 0.3) is 0 Å². The van der Waals surface area contributed by atoms with Gasteiger partial charge in [0.1, 0.15) is 11.5 Å². The molecule has 1 aliphatic rings. The van der Waals surface area contributed by atoms with Crippen LogP contribution in [0.15, 0.2) is 42.5 Å². The van der Waals surface area contributed by atoms with E-state index in [9.17, 15) is 31.9 Å².